The molecular weight excluding hydrogens is 262 g/mol. The standard InChI is InChI=1S/C17H17N3O/c21-17(15-6-2-1-3-7-15)19-11-5-12-20-13-9-14-8-4-10-18-16(14)20/h1-4,6-10,13H,5,11-12H2,(H,19,21). The third-order valence-corrected chi connectivity index (χ3v) is 3.42. The Morgan fingerprint density at radius 3 is 2.81 bits per heavy atom. The Labute approximate surface area is 123 Å². The predicted octanol–water partition coefficient (Wildman–Crippen LogP) is 2.86. The molecule has 0 saturated heterocycles. The van der Waals surface area contributed by atoms with Crippen molar-refractivity contribution in [1.29, 1.82) is 0 Å². The van der Waals surface area contributed by atoms with Gasteiger partial charge in [0.1, 0.15) is 5.65 Å². The topological polar surface area (TPSA) is 46.9 Å². The van der Waals surface area contributed by atoms with Gasteiger partial charge < -0.3 is 9.88 Å². The van der Waals surface area contributed by atoms with E-state index in [4.69, 9.17) is 0 Å². The van der Waals surface area contributed by atoms with Crippen LogP contribution in [0.4, 0.5) is 0 Å². The molecule has 1 amide bonds. The normalized spacial score (nSPS) is 10.7. The molecule has 0 aliphatic heterocycles. The van der Waals surface area contributed by atoms with E-state index in [1.54, 1.807) is 6.20 Å². The third kappa shape index (κ3) is 3.11. The monoisotopic (exact) mass is 279 g/mol. The molecule has 0 aliphatic rings. The third-order valence-electron chi connectivity index (χ3n) is 3.42. The summed E-state index contributed by atoms with van der Waals surface area (Å²) in [5.41, 5.74) is 1.69. The smallest absolute Gasteiger partial charge is 0.251 e. The predicted molar refractivity (Wildman–Crippen MR) is 83.1 cm³/mol. The van der Waals surface area contributed by atoms with Gasteiger partial charge in [0.15, 0.2) is 0 Å². The molecular formula is C17H17N3O. The van der Waals surface area contributed by atoms with Crippen LogP contribution < -0.4 is 5.32 Å². The quantitative estimate of drug-likeness (QED) is 0.730. The van der Waals surface area contributed by atoms with Crippen molar-refractivity contribution in [2.24, 2.45) is 0 Å². The summed E-state index contributed by atoms with van der Waals surface area (Å²) >= 11 is 0. The molecule has 1 aromatic carbocycles. The van der Waals surface area contributed by atoms with E-state index < -0.39 is 0 Å². The fourth-order valence-electron chi connectivity index (χ4n) is 2.34. The summed E-state index contributed by atoms with van der Waals surface area (Å²) in [4.78, 5) is 16.3. The highest BCUT2D eigenvalue weighted by molar-refractivity contribution is 5.94. The van der Waals surface area contributed by atoms with Gasteiger partial charge in [0, 0.05) is 36.4 Å². The van der Waals surface area contributed by atoms with Crippen LogP contribution in [0.2, 0.25) is 0 Å². The van der Waals surface area contributed by atoms with E-state index in [1.807, 2.05) is 42.6 Å². The van der Waals surface area contributed by atoms with Crippen LogP contribution in [0.3, 0.4) is 0 Å². The first-order valence-corrected chi connectivity index (χ1v) is 7.08. The lowest BCUT2D eigenvalue weighted by Gasteiger charge is -2.07. The largest absolute Gasteiger partial charge is 0.352 e. The van der Waals surface area contributed by atoms with Crippen LogP contribution in [-0.4, -0.2) is 22.0 Å². The number of aryl methyl sites for hydroxylation is 1. The van der Waals surface area contributed by atoms with E-state index in [1.165, 1.54) is 0 Å². The molecule has 2 heterocycles. The van der Waals surface area contributed by atoms with Crippen molar-refractivity contribution in [3.63, 3.8) is 0 Å². The van der Waals surface area contributed by atoms with Crippen molar-refractivity contribution in [3.8, 4) is 0 Å². The molecule has 3 rings (SSSR count). The van der Waals surface area contributed by atoms with Crippen LogP contribution in [-0.2, 0) is 6.54 Å². The van der Waals surface area contributed by atoms with Gasteiger partial charge in [-0.25, -0.2) is 4.98 Å². The molecule has 0 atom stereocenters. The molecule has 106 valence electrons. The van der Waals surface area contributed by atoms with Gasteiger partial charge in [0.25, 0.3) is 5.91 Å². The molecule has 0 fully saturated rings. The lowest BCUT2D eigenvalue weighted by molar-refractivity contribution is 0.0953. The number of aromatic nitrogens is 2. The average Bonchev–Trinajstić information content (AvgIpc) is 2.95. The van der Waals surface area contributed by atoms with Gasteiger partial charge in [-0.3, -0.25) is 4.79 Å². The van der Waals surface area contributed by atoms with Crippen LogP contribution in [0.15, 0.2) is 60.9 Å². The highest BCUT2D eigenvalue weighted by Gasteiger charge is 2.04. The van der Waals surface area contributed by atoms with Gasteiger partial charge in [-0.15, -0.1) is 0 Å². The van der Waals surface area contributed by atoms with Crippen LogP contribution in [0.25, 0.3) is 11.0 Å². The number of hydrogen-bond acceptors (Lipinski definition) is 2. The zero-order valence-corrected chi connectivity index (χ0v) is 11.7. The Hall–Kier alpha value is -2.62. The molecule has 2 aromatic heterocycles. The van der Waals surface area contributed by atoms with E-state index in [0.29, 0.717) is 12.1 Å². The van der Waals surface area contributed by atoms with E-state index >= 15 is 0 Å². The van der Waals surface area contributed by atoms with Gasteiger partial charge in [-0.2, -0.15) is 0 Å². The summed E-state index contributed by atoms with van der Waals surface area (Å²) in [5.74, 6) is -0.0221. The summed E-state index contributed by atoms with van der Waals surface area (Å²) in [7, 11) is 0. The number of nitrogens with zero attached hydrogens (tertiary/aromatic N) is 2. The van der Waals surface area contributed by atoms with Gasteiger partial charge >= 0.3 is 0 Å². The number of hydrogen-bond donors (Lipinski definition) is 1. The number of pyridine rings is 1. The van der Waals surface area contributed by atoms with E-state index in [9.17, 15) is 4.79 Å². The molecule has 4 heteroatoms. The maximum absolute atomic E-state index is 11.9. The molecule has 3 aromatic rings. The van der Waals surface area contributed by atoms with Crippen molar-refractivity contribution in [3.05, 3.63) is 66.5 Å². The summed E-state index contributed by atoms with van der Waals surface area (Å²) in [5, 5.41) is 4.08. The van der Waals surface area contributed by atoms with E-state index in [2.05, 4.69) is 27.0 Å². The van der Waals surface area contributed by atoms with Crippen molar-refractivity contribution < 1.29 is 4.79 Å². The highest BCUT2D eigenvalue weighted by Crippen LogP contribution is 2.12. The molecule has 21 heavy (non-hydrogen) atoms. The maximum Gasteiger partial charge on any atom is 0.251 e. The first-order valence-electron chi connectivity index (χ1n) is 7.08. The Morgan fingerprint density at radius 2 is 1.95 bits per heavy atom. The zero-order chi connectivity index (χ0) is 14.5. The number of carbonyl (C=O) groups excluding carboxylic acids is 1. The SMILES string of the molecule is O=C(NCCCn1ccc2cccnc21)c1ccccc1. The second-order valence-corrected chi connectivity index (χ2v) is 4.90. The Bertz CT molecular complexity index is 734. The number of fused-ring (bicyclic) bond motifs is 1. The number of nitrogens with one attached hydrogen (secondary N) is 1. The first kappa shape index (κ1) is 13.4. The molecule has 0 aliphatic carbocycles. The number of benzene rings is 1. The maximum atomic E-state index is 11.9. The van der Waals surface area contributed by atoms with Crippen LogP contribution >= 0.6 is 0 Å². The Morgan fingerprint density at radius 1 is 1.10 bits per heavy atom. The van der Waals surface area contributed by atoms with E-state index in [-0.39, 0.29) is 5.91 Å². The minimum atomic E-state index is -0.0221. The fourth-order valence-corrected chi connectivity index (χ4v) is 2.34. The van der Waals surface area contributed by atoms with Gasteiger partial charge in [-0.05, 0) is 36.8 Å². The lowest BCUT2D eigenvalue weighted by Crippen LogP contribution is -2.25. The second kappa shape index (κ2) is 6.22. The molecule has 0 saturated carbocycles. The van der Waals surface area contributed by atoms with Crippen LogP contribution in [0.1, 0.15) is 16.8 Å². The minimum Gasteiger partial charge on any atom is -0.352 e. The molecule has 4 nitrogen and oxygen atoms in total. The molecule has 0 radical (unpaired) electrons. The van der Waals surface area contributed by atoms with Crippen LogP contribution in [0.5, 0.6) is 0 Å². The van der Waals surface area contributed by atoms with Gasteiger partial charge in [0.05, 0.1) is 0 Å². The van der Waals surface area contributed by atoms with Crippen molar-refractivity contribution in [2.75, 3.05) is 6.54 Å². The average molecular weight is 279 g/mol. The molecule has 0 unspecified atom stereocenters. The molecule has 1 N–H and O–H groups in total. The Balaban J connectivity index is 1.52. The zero-order valence-electron chi connectivity index (χ0n) is 11.7. The van der Waals surface area contributed by atoms with Crippen LogP contribution in [0, 0.1) is 0 Å². The van der Waals surface area contributed by atoms with E-state index in [0.717, 1.165) is 24.0 Å². The minimum absolute atomic E-state index is 0.0221. The van der Waals surface area contributed by atoms with Crippen molar-refractivity contribution in [1.82, 2.24) is 14.9 Å². The summed E-state index contributed by atoms with van der Waals surface area (Å²) in [6.07, 6.45) is 4.71. The first-order chi connectivity index (χ1) is 10.3. The van der Waals surface area contributed by atoms with Crippen molar-refractivity contribution in [2.45, 2.75) is 13.0 Å². The summed E-state index contributed by atoms with van der Waals surface area (Å²) in [6.45, 7) is 1.50. The summed E-state index contributed by atoms with van der Waals surface area (Å²) < 4.78 is 2.12. The lowest BCUT2D eigenvalue weighted by atomic mass is 10.2. The second-order valence-electron chi connectivity index (χ2n) is 4.90. The van der Waals surface area contributed by atoms with Gasteiger partial charge in [-0.1, -0.05) is 18.2 Å². The number of rotatable bonds is 5. The highest BCUT2D eigenvalue weighted by atomic mass is 16.1. The Kier molecular flexibility index (Phi) is 3.96. The van der Waals surface area contributed by atoms with Gasteiger partial charge in [0.2, 0.25) is 0 Å². The summed E-state index contributed by atoms with van der Waals surface area (Å²) in [6, 6.07) is 15.3. The number of amides is 1. The van der Waals surface area contributed by atoms with Crippen molar-refractivity contribution >= 4 is 16.9 Å². The fraction of sp³-hybridized carbons (Fsp3) is 0.176. The molecule has 0 bridgehead atoms. The number of carbonyl (C=O) groups is 1. The molecule has 0 spiro atoms.